The molecule has 1 fully saturated rings. The van der Waals surface area contributed by atoms with E-state index in [0.717, 1.165) is 28.6 Å². The molecule has 0 bridgehead atoms. The topological polar surface area (TPSA) is 85.9 Å². The van der Waals surface area contributed by atoms with Crippen molar-refractivity contribution in [2.45, 2.75) is 12.1 Å². The number of likely N-dealkylation sites (N-methyl/N-ethyl adjacent to an activating group) is 1. The molecule has 1 amide bonds. The Labute approximate surface area is 175 Å². The molecule has 0 unspecified atom stereocenters. The minimum absolute atomic E-state index is 0.0494. The highest BCUT2D eigenvalue weighted by Crippen LogP contribution is 2.32. The predicted molar refractivity (Wildman–Crippen MR) is 116 cm³/mol. The molecule has 2 N–H and O–H groups in total. The van der Waals surface area contributed by atoms with Crippen LogP contribution in [0, 0.1) is 0 Å². The quantitative estimate of drug-likeness (QED) is 0.647. The number of nitrogens with one attached hydrogen (secondary N) is 1. The third-order valence-corrected chi connectivity index (χ3v) is 5.12. The zero-order valence-electron chi connectivity index (χ0n) is 17.2. The molecule has 4 rings (SSSR count). The van der Waals surface area contributed by atoms with Crippen LogP contribution in [0.5, 0.6) is 0 Å². The summed E-state index contributed by atoms with van der Waals surface area (Å²) >= 11 is 0. The number of hydrogen-bond acceptors (Lipinski definition) is 4. The molecule has 1 aliphatic heterocycles. The second-order valence-corrected chi connectivity index (χ2v) is 7.38. The van der Waals surface area contributed by atoms with Gasteiger partial charge in [0.15, 0.2) is 0 Å². The fourth-order valence-electron chi connectivity index (χ4n) is 3.92. The Bertz CT molecular complexity index is 971. The summed E-state index contributed by atoms with van der Waals surface area (Å²) in [4.78, 5) is 29.2. The molecule has 1 aliphatic rings. The number of ether oxygens (including phenoxy) is 1. The second kappa shape index (κ2) is 10.0. The molecule has 2 heterocycles. The zero-order valence-corrected chi connectivity index (χ0v) is 17.2. The van der Waals surface area contributed by atoms with Gasteiger partial charge < -0.3 is 24.6 Å². The van der Waals surface area contributed by atoms with Crippen LogP contribution in [-0.4, -0.2) is 72.2 Å². The lowest BCUT2D eigenvalue weighted by Crippen LogP contribution is -2.51. The van der Waals surface area contributed by atoms with Crippen molar-refractivity contribution in [1.29, 1.82) is 0 Å². The van der Waals surface area contributed by atoms with Gasteiger partial charge in [0.2, 0.25) is 0 Å². The molecule has 30 heavy (non-hydrogen) atoms. The van der Waals surface area contributed by atoms with Gasteiger partial charge in [0.25, 0.3) is 12.4 Å². The fraction of sp³-hybridized carbons (Fsp3) is 0.304. The Balaban J connectivity index is 0.000000806. The minimum atomic E-state index is -0.250. The third-order valence-electron chi connectivity index (χ3n) is 5.12. The summed E-state index contributed by atoms with van der Waals surface area (Å²) in [6.45, 7) is 1.65. The molecule has 0 saturated carbocycles. The summed E-state index contributed by atoms with van der Waals surface area (Å²) in [7, 11) is 4.07. The number of aromatic amines is 1. The van der Waals surface area contributed by atoms with E-state index < -0.39 is 0 Å². The zero-order chi connectivity index (χ0) is 21.5. The number of rotatable bonds is 4. The Morgan fingerprint density at radius 3 is 2.57 bits per heavy atom. The van der Waals surface area contributed by atoms with Crippen molar-refractivity contribution in [3.63, 3.8) is 0 Å². The Hall–Kier alpha value is -3.16. The van der Waals surface area contributed by atoms with Crippen molar-refractivity contribution in [3.8, 4) is 0 Å². The maximum atomic E-state index is 13.5. The van der Waals surface area contributed by atoms with E-state index >= 15 is 0 Å². The van der Waals surface area contributed by atoms with E-state index in [1.807, 2.05) is 67.7 Å². The third kappa shape index (κ3) is 4.69. The smallest absolute Gasteiger partial charge is 0.290 e. The van der Waals surface area contributed by atoms with E-state index in [0.29, 0.717) is 13.2 Å². The number of carbonyl (C=O) groups is 2. The van der Waals surface area contributed by atoms with E-state index in [-0.39, 0.29) is 24.5 Å². The van der Waals surface area contributed by atoms with Crippen molar-refractivity contribution in [2.24, 2.45) is 0 Å². The lowest BCUT2D eigenvalue weighted by Gasteiger charge is -2.42. The van der Waals surface area contributed by atoms with Gasteiger partial charge in [-0.1, -0.05) is 48.5 Å². The highest BCUT2D eigenvalue weighted by atomic mass is 16.5. The molecule has 158 valence electrons. The summed E-state index contributed by atoms with van der Waals surface area (Å²) in [5.41, 5.74) is 2.81. The maximum Gasteiger partial charge on any atom is 0.290 e. The highest BCUT2D eigenvalue weighted by Gasteiger charge is 2.37. The van der Waals surface area contributed by atoms with Crippen LogP contribution in [0.2, 0.25) is 0 Å². The number of carboxylic acid groups (broad SMARTS) is 1. The van der Waals surface area contributed by atoms with Crippen LogP contribution in [0.4, 0.5) is 0 Å². The van der Waals surface area contributed by atoms with Crippen LogP contribution in [0.1, 0.15) is 22.0 Å². The number of hydrogen-bond donors (Lipinski definition) is 2. The Morgan fingerprint density at radius 2 is 1.87 bits per heavy atom. The lowest BCUT2D eigenvalue weighted by molar-refractivity contribution is -0.122. The van der Waals surface area contributed by atoms with Gasteiger partial charge in [-0.25, -0.2) is 0 Å². The van der Waals surface area contributed by atoms with E-state index in [2.05, 4.69) is 22.0 Å². The lowest BCUT2D eigenvalue weighted by atomic mass is 9.96. The molecule has 2 atom stereocenters. The van der Waals surface area contributed by atoms with Gasteiger partial charge in [-0.2, -0.15) is 0 Å². The summed E-state index contributed by atoms with van der Waals surface area (Å²) in [5, 5.41) is 7.85. The van der Waals surface area contributed by atoms with Crippen LogP contribution in [0.15, 0.2) is 60.8 Å². The first-order valence-electron chi connectivity index (χ1n) is 9.83. The van der Waals surface area contributed by atoms with Gasteiger partial charge in [-0.05, 0) is 25.7 Å². The SMILES string of the molecule is CN(C)C[C@@H]1OCCN(C(=O)c2c[nH]c3ccccc23)[C@H]1c1ccccc1.O=CO. The number of fused-ring (bicyclic) bond motifs is 1. The van der Waals surface area contributed by atoms with Crippen LogP contribution in [0.3, 0.4) is 0 Å². The standard InChI is InChI=1S/C22H25N3O2.CH2O2/c1-24(2)15-20-21(16-8-4-3-5-9-16)25(12-13-27-20)22(26)18-14-23-19-11-7-6-10-17(18)19;2-1-3/h3-11,14,20-21,23H,12-13,15H2,1-2H3;1H,(H,2,3)/t20-,21-;/m0./s1. The van der Waals surface area contributed by atoms with Gasteiger partial charge in [0, 0.05) is 30.2 Å². The van der Waals surface area contributed by atoms with Crippen molar-refractivity contribution >= 4 is 23.3 Å². The first kappa shape index (κ1) is 21.5. The molecule has 7 heteroatoms. The summed E-state index contributed by atoms with van der Waals surface area (Å²) in [6.07, 6.45) is 1.76. The molecule has 7 nitrogen and oxygen atoms in total. The predicted octanol–water partition coefficient (Wildman–Crippen LogP) is 3.01. The first-order valence-corrected chi connectivity index (χ1v) is 9.83. The molecule has 1 saturated heterocycles. The van der Waals surface area contributed by atoms with Gasteiger partial charge in [0.1, 0.15) is 0 Å². The number of carbonyl (C=O) groups excluding carboxylic acids is 1. The van der Waals surface area contributed by atoms with Crippen LogP contribution < -0.4 is 0 Å². The number of benzene rings is 2. The number of para-hydroxylation sites is 1. The number of amides is 1. The van der Waals surface area contributed by atoms with E-state index in [4.69, 9.17) is 14.6 Å². The normalized spacial score (nSPS) is 18.7. The maximum absolute atomic E-state index is 13.5. The van der Waals surface area contributed by atoms with Gasteiger partial charge >= 0.3 is 0 Å². The number of aromatic nitrogens is 1. The first-order chi connectivity index (χ1) is 14.6. The number of H-pyrrole nitrogens is 1. The molecule has 1 aromatic heterocycles. The molecular formula is C23H27N3O4. The molecular weight excluding hydrogens is 382 g/mol. The molecule has 2 aromatic carbocycles. The van der Waals surface area contributed by atoms with Crippen molar-refractivity contribution in [3.05, 3.63) is 71.9 Å². The van der Waals surface area contributed by atoms with E-state index in [1.165, 1.54) is 0 Å². The van der Waals surface area contributed by atoms with Gasteiger partial charge in [-0.15, -0.1) is 0 Å². The van der Waals surface area contributed by atoms with Gasteiger partial charge in [0.05, 0.1) is 24.3 Å². The van der Waals surface area contributed by atoms with E-state index in [9.17, 15) is 4.79 Å². The number of morpholine rings is 1. The second-order valence-electron chi connectivity index (χ2n) is 7.38. The van der Waals surface area contributed by atoms with Gasteiger partial charge in [-0.3, -0.25) is 9.59 Å². The highest BCUT2D eigenvalue weighted by molar-refractivity contribution is 6.06. The van der Waals surface area contributed by atoms with Crippen LogP contribution >= 0.6 is 0 Å². The molecule has 0 radical (unpaired) electrons. The Morgan fingerprint density at radius 1 is 1.20 bits per heavy atom. The summed E-state index contributed by atoms with van der Waals surface area (Å²) < 4.78 is 6.10. The molecule has 0 aliphatic carbocycles. The largest absolute Gasteiger partial charge is 0.483 e. The summed E-state index contributed by atoms with van der Waals surface area (Å²) in [6, 6.07) is 18.0. The van der Waals surface area contributed by atoms with E-state index in [1.54, 1.807) is 0 Å². The minimum Gasteiger partial charge on any atom is -0.483 e. The average molecular weight is 409 g/mol. The van der Waals surface area contributed by atoms with Crippen molar-refractivity contribution in [1.82, 2.24) is 14.8 Å². The number of nitrogens with zero attached hydrogens (tertiary/aromatic N) is 2. The van der Waals surface area contributed by atoms with Crippen LogP contribution in [-0.2, 0) is 9.53 Å². The fourth-order valence-corrected chi connectivity index (χ4v) is 3.92. The monoisotopic (exact) mass is 409 g/mol. The summed E-state index contributed by atoms with van der Waals surface area (Å²) in [5.74, 6) is 0.0494. The van der Waals surface area contributed by atoms with Crippen LogP contribution in [0.25, 0.3) is 10.9 Å². The molecule has 3 aromatic rings. The van der Waals surface area contributed by atoms with Crippen molar-refractivity contribution in [2.75, 3.05) is 33.8 Å². The average Bonchev–Trinajstić information content (AvgIpc) is 3.18. The Kier molecular flexibility index (Phi) is 7.21. The van der Waals surface area contributed by atoms with Crippen molar-refractivity contribution < 1.29 is 19.4 Å². The molecule has 0 spiro atoms.